The number of ketones is 1. The lowest BCUT2D eigenvalue weighted by molar-refractivity contribution is 0.00241. The molecule has 0 aliphatic carbocycles. The molecule has 5 heteroatoms. The smallest absolute Gasteiger partial charge is 0.176 e. The summed E-state index contributed by atoms with van der Waals surface area (Å²) in [7, 11) is 0. The van der Waals surface area contributed by atoms with E-state index in [1.807, 2.05) is 17.0 Å². The first-order valence-electron chi connectivity index (χ1n) is 5.71. The van der Waals surface area contributed by atoms with Gasteiger partial charge in [0.15, 0.2) is 11.9 Å². The van der Waals surface area contributed by atoms with Crippen molar-refractivity contribution >= 4 is 21.7 Å². The summed E-state index contributed by atoms with van der Waals surface area (Å²) in [5, 5.41) is 8.80. The van der Waals surface area contributed by atoms with E-state index in [-0.39, 0.29) is 5.78 Å². The fourth-order valence-corrected chi connectivity index (χ4v) is 2.12. The van der Waals surface area contributed by atoms with Crippen LogP contribution in [0.4, 0.5) is 0 Å². The lowest BCUT2D eigenvalue weighted by atomic mass is 10.1. The number of morpholine rings is 1. The minimum atomic E-state index is -0.420. The quantitative estimate of drug-likeness (QED) is 0.800. The topological polar surface area (TPSA) is 53.3 Å². The predicted molar refractivity (Wildman–Crippen MR) is 70.3 cm³/mol. The molecule has 0 amide bonds. The highest BCUT2D eigenvalue weighted by molar-refractivity contribution is 9.10. The van der Waals surface area contributed by atoms with Crippen LogP contribution in [-0.4, -0.2) is 43.0 Å². The third-order valence-electron chi connectivity index (χ3n) is 2.83. The fraction of sp³-hybridized carbons (Fsp3) is 0.385. The van der Waals surface area contributed by atoms with Crippen molar-refractivity contribution in [2.75, 3.05) is 26.2 Å². The molecule has 0 radical (unpaired) electrons. The second-order valence-electron chi connectivity index (χ2n) is 4.15. The van der Waals surface area contributed by atoms with E-state index in [0.717, 1.165) is 4.47 Å². The average Bonchev–Trinajstić information content (AvgIpc) is 2.39. The predicted octanol–water partition coefficient (Wildman–Crippen LogP) is 1.86. The molecule has 1 aliphatic rings. The van der Waals surface area contributed by atoms with Crippen LogP contribution in [0.25, 0.3) is 0 Å². The lowest BCUT2D eigenvalue weighted by Gasteiger charge is -2.28. The zero-order valence-corrected chi connectivity index (χ0v) is 11.4. The molecule has 0 saturated carbocycles. The second-order valence-corrected chi connectivity index (χ2v) is 5.07. The average molecular weight is 309 g/mol. The summed E-state index contributed by atoms with van der Waals surface area (Å²) < 4.78 is 6.19. The largest absolute Gasteiger partial charge is 0.361 e. The normalized spacial score (nSPS) is 20.3. The molecule has 4 nitrogen and oxygen atoms in total. The Hall–Kier alpha value is -1.22. The molecule has 1 unspecified atom stereocenters. The van der Waals surface area contributed by atoms with Crippen molar-refractivity contribution < 1.29 is 9.53 Å². The van der Waals surface area contributed by atoms with E-state index >= 15 is 0 Å². The van der Waals surface area contributed by atoms with Gasteiger partial charge >= 0.3 is 0 Å². The molecule has 94 valence electrons. The molecular weight excluding hydrogens is 296 g/mol. The Labute approximate surface area is 114 Å². The molecule has 1 fully saturated rings. The molecule has 1 aromatic rings. The number of Topliss-reactive ketones (excluding diaryl/α,β-unsaturated/α-hetero) is 1. The van der Waals surface area contributed by atoms with Crippen molar-refractivity contribution in [1.29, 1.82) is 5.26 Å². The molecule has 2 rings (SSSR count). The van der Waals surface area contributed by atoms with Crippen LogP contribution in [0, 0.1) is 11.3 Å². The van der Waals surface area contributed by atoms with E-state index in [1.54, 1.807) is 12.1 Å². The molecule has 1 saturated heterocycles. The van der Waals surface area contributed by atoms with Crippen LogP contribution < -0.4 is 0 Å². The van der Waals surface area contributed by atoms with Crippen molar-refractivity contribution in [3.8, 4) is 6.07 Å². The van der Waals surface area contributed by atoms with E-state index in [2.05, 4.69) is 22.0 Å². The van der Waals surface area contributed by atoms with Crippen molar-refractivity contribution in [1.82, 2.24) is 4.90 Å². The van der Waals surface area contributed by atoms with Crippen molar-refractivity contribution in [2.45, 2.75) is 6.10 Å². The third kappa shape index (κ3) is 3.39. The first-order chi connectivity index (χ1) is 8.69. The van der Waals surface area contributed by atoms with Gasteiger partial charge in [0.1, 0.15) is 0 Å². The Morgan fingerprint density at radius 3 is 2.89 bits per heavy atom. The van der Waals surface area contributed by atoms with Gasteiger partial charge in [0.05, 0.1) is 19.2 Å². The fourth-order valence-electron chi connectivity index (χ4n) is 1.85. The van der Waals surface area contributed by atoms with Gasteiger partial charge in [0.2, 0.25) is 0 Å². The molecule has 0 aromatic heterocycles. The number of nitrogens with zero attached hydrogens (tertiary/aromatic N) is 2. The number of ether oxygens (including phenoxy) is 1. The van der Waals surface area contributed by atoms with Crippen LogP contribution in [0.1, 0.15) is 10.4 Å². The number of carbonyl (C=O) groups excluding carboxylic acids is 1. The second kappa shape index (κ2) is 6.10. The maximum absolute atomic E-state index is 12.0. The zero-order valence-electron chi connectivity index (χ0n) is 9.80. The maximum Gasteiger partial charge on any atom is 0.176 e. The molecule has 1 aromatic carbocycles. The molecule has 1 heterocycles. The molecule has 18 heavy (non-hydrogen) atoms. The minimum absolute atomic E-state index is 0.0705. The van der Waals surface area contributed by atoms with E-state index in [9.17, 15) is 4.79 Å². The van der Waals surface area contributed by atoms with Gasteiger partial charge < -0.3 is 4.74 Å². The van der Waals surface area contributed by atoms with Crippen molar-refractivity contribution in [3.05, 3.63) is 34.3 Å². The summed E-state index contributed by atoms with van der Waals surface area (Å²) in [5.74, 6) is 0.0705. The SMILES string of the molecule is N#CC1CN(CC(=O)c2ccc(Br)cc2)CCO1. The van der Waals surface area contributed by atoms with Crippen molar-refractivity contribution in [3.63, 3.8) is 0 Å². The lowest BCUT2D eigenvalue weighted by Crippen LogP contribution is -2.44. The van der Waals surface area contributed by atoms with Gasteiger partial charge in [-0.2, -0.15) is 5.26 Å². The van der Waals surface area contributed by atoms with Crippen LogP contribution in [0.15, 0.2) is 28.7 Å². The molecule has 0 spiro atoms. The van der Waals surface area contributed by atoms with Gasteiger partial charge in [-0.3, -0.25) is 9.69 Å². The maximum atomic E-state index is 12.0. The van der Waals surface area contributed by atoms with E-state index in [1.165, 1.54) is 0 Å². The third-order valence-corrected chi connectivity index (χ3v) is 3.36. The molecule has 1 atom stereocenters. The van der Waals surface area contributed by atoms with Crippen LogP contribution in [0.5, 0.6) is 0 Å². The Bertz CT molecular complexity index is 467. The van der Waals surface area contributed by atoms with Gasteiger partial charge in [0, 0.05) is 23.1 Å². The summed E-state index contributed by atoms with van der Waals surface area (Å²) in [4.78, 5) is 14.0. The van der Waals surface area contributed by atoms with Gasteiger partial charge in [0.25, 0.3) is 0 Å². The Morgan fingerprint density at radius 2 is 2.22 bits per heavy atom. The molecule has 0 bridgehead atoms. The van der Waals surface area contributed by atoms with E-state index in [4.69, 9.17) is 10.00 Å². The Kier molecular flexibility index (Phi) is 4.48. The van der Waals surface area contributed by atoms with Gasteiger partial charge in [-0.15, -0.1) is 0 Å². The number of rotatable bonds is 3. The van der Waals surface area contributed by atoms with E-state index < -0.39 is 6.10 Å². The monoisotopic (exact) mass is 308 g/mol. The van der Waals surface area contributed by atoms with Crippen LogP contribution in [0.3, 0.4) is 0 Å². The standard InChI is InChI=1S/C13H13BrN2O2/c14-11-3-1-10(2-4-11)13(17)9-16-5-6-18-12(7-15)8-16/h1-4,12H,5-6,8-9H2. The minimum Gasteiger partial charge on any atom is -0.361 e. The number of benzene rings is 1. The summed E-state index contributed by atoms with van der Waals surface area (Å²) in [6, 6.07) is 9.38. The van der Waals surface area contributed by atoms with Crippen LogP contribution in [0.2, 0.25) is 0 Å². The number of hydrogen-bond acceptors (Lipinski definition) is 4. The number of carbonyl (C=O) groups is 1. The van der Waals surface area contributed by atoms with E-state index in [0.29, 0.717) is 31.8 Å². The Balaban J connectivity index is 1.95. The Morgan fingerprint density at radius 1 is 1.50 bits per heavy atom. The van der Waals surface area contributed by atoms with Gasteiger partial charge in [-0.1, -0.05) is 28.1 Å². The molecule has 0 N–H and O–H groups in total. The zero-order chi connectivity index (χ0) is 13.0. The highest BCUT2D eigenvalue weighted by Gasteiger charge is 2.21. The highest BCUT2D eigenvalue weighted by Crippen LogP contribution is 2.12. The van der Waals surface area contributed by atoms with Crippen LogP contribution >= 0.6 is 15.9 Å². The first-order valence-corrected chi connectivity index (χ1v) is 6.50. The highest BCUT2D eigenvalue weighted by atomic mass is 79.9. The summed E-state index contributed by atoms with van der Waals surface area (Å²) in [5.41, 5.74) is 0.693. The molecule has 1 aliphatic heterocycles. The molecular formula is C13H13BrN2O2. The van der Waals surface area contributed by atoms with Gasteiger partial charge in [-0.25, -0.2) is 0 Å². The summed E-state index contributed by atoms with van der Waals surface area (Å²) in [6.07, 6.45) is -0.420. The first kappa shape index (κ1) is 13.2. The van der Waals surface area contributed by atoms with Crippen LogP contribution in [-0.2, 0) is 4.74 Å². The summed E-state index contributed by atoms with van der Waals surface area (Å²) in [6.45, 7) is 2.04. The van der Waals surface area contributed by atoms with Gasteiger partial charge in [-0.05, 0) is 12.1 Å². The number of nitriles is 1. The number of halogens is 1. The van der Waals surface area contributed by atoms with Crippen molar-refractivity contribution in [2.24, 2.45) is 0 Å². The number of hydrogen-bond donors (Lipinski definition) is 0. The summed E-state index contributed by atoms with van der Waals surface area (Å²) >= 11 is 3.34.